The zero-order chi connectivity index (χ0) is 19.4. The Morgan fingerprint density at radius 2 is 1.44 bits per heavy atom. The van der Waals surface area contributed by atoms with Crippen molar-refractivity contribution in [3.05, 3.63) is 77.6 Å². The van der Waals surface area contributed by atoms with Crippen molar-refractivity contribution in [2.45, 2.75) is 26.8 Å². The smallest absolute Gasteiger partial charge is 0.276 e. The van der Waals surface area contributed by atoms with Crippen LogP contribution in [0.25, 0.3) is 0 Å². The van der Waals surface area contributed by atoms with E-state index in [0.29, 0.717) is 0 Å². The number of hydrogen-bond donors (Lipinski definition) is 2. The van der Waals surface area contributed by atoms with Crippen LogP contribution in [-0.2, 0) is 4.79 Å². The number of amides is 2. The molecule has 2 amide bonds. The highest BCUT2D eigenvalue weighted by atomic mass is 16.2. The van der Waals surface area contributed by atoms with E-state index in [1.165, 1.54) is 4.68 Å². The molecule has 3 aromatic rings. The van der Waals surface area contributed by atoms with Gasteiger partial charge >= 0.3 is 0 Å². The first-order valence-corrected chi connectivity index (χ1v) is 8.74. The van der Waals surface area contributed by atoms with Crippen molar-refractivity contribution < 1.29 is 9.59 Å². The quantitative estimate of drug-likeness (QED) is 0.721. The summed E-state index contributed by atoms with van der Waals surface area (Å²) in [7, 11) is 0. The molecule has 6 heteroatoms. The van der Waals surface area contributed by atoms with Gasteiger partial charge in [-0.15, -0.1) is 0 Å². The zero-order valence-corrected chi connectivity index (χ0v) is 15.6. The lowest BCUT2D eigenvalue weighted by atomic mass is 10.2. The van der Waals surface area contributed by atoms with Crippen LogP contribution in [0.2, 0.25) is 0 Å². The van der Waals surface area contributed by atoms with Gasteiger partial charge in [-0.3, -0.25) is 14.3 Å². The number of carbonyl (C=O) groups excluding carboxylic acids is 2. The van der Waals surface area contributed by atoms with Gasteiger partial charge in [-0.05, 0) is 50.1 Å². The Hall–Kier alpha value is -3.41. The standard InChI is InChI=1S/C21H22N4O2/c1-14-8-4-6-10-17(14)22-20(26)16(3)25-13-12-19(24-25)21(27)23-18-11-7-5-9-15(18)2/h4-13,16H,1-3H3,(H,22,26)(H,23,27)/t16-/m1/s1. The Morgan fingerprint density at radius 1 is 0.889 bits per heavy atom. The van der Waals surface area contributed by atoms with Crippen LogP contribution in [0.4, 0.5) is 11.4 Å². The Balaban J connectivity index is 1.69. The second kappa shape index (κ2) is 7.86. The molecule has 0 saturated carbocycles. The van der Waals surface area contributed by atoms with Gasteiger partial charge in [0.15, 0.2) is 5.69 Å². The van der Waals surface area contributed by atoms with Gasteiger partial charge < -0.3 is 10.6 Å². The fourth-order valence-electron chi connectivity index (χ4n) is 2.64. The zero-order valence-electron chi connectivity index (χ0n) is 15.6. The number of aryl methyl sites for hydroxylation is 2. The van der Waals surface area contributed by atoms with E-state index in [-0.39, 0.29) is 17.5 Å². The molecule has 0 bridgehead atoms. The van der Waals surface area contributed by atoms with E-state index in [9.17, 15) is 9.59 Å². The van der Waals surface area contributed by atoms with E-state index in [2.05, 4.69) is 15.7 Å². The Labute approximate surface area is 158 Å². The summed E-state index contributed by atoms with van der Waals surface area (Å²) in [5.41, 5.74) is 3.71. The van der Waals surface area contributed by atoms with Crippen LogP contribution in [-0.4, -0.2) is 21.6 Å². The maximum atomic E-state index is 12.5. The van der Waals surface area contributed by atoms with E-state index in [4.69, 9.17) is 0 Å². The van der Waals surface area contributed by atoms with Crippen molar-refractivity contribution >= 4 is 23.2 Å². The van der Waals surface area contributed by atoms with Crippen molar-refractivity contribution in [1.82, 2.24) is 9.78 Å². The lowest BCUT2D eigenvalue weighted by Gasteiger charge is -2.14. The summed E-state index contributed by atoms with van der Waals surface area (Å²) in [5, 5.41) is 10.00. The molecule has 0 unspecified atom stereocenters. The Kier molecular flexibility index (Phi) is 5.35. The van der Waals surface area contributed by atoms with Crippen molar-refractivity contribution in [3.8, 4) is 0 Å². The number of hydrogen-bond acceptors (Lipinski definition) is 3. The predicted molar refractivity (Wildman–Crippen MR) is 106 cm³/mol. The molecule has 2 N–H and O–H groups in total. The topological polar surface area (TPSA) is 76.0 Å². The van der Waals surface area contributed by atoms with E-state index < -0.39 is 6.04 Å². The van der Waals surface area contributed by atoms with Gasteiger partial charge in [0.1, 0.15) is 6.04 Å². The molecular weight excluding hydrogens is 340 g/mol. The average molecular weight is 362 g/mol. The molecule has 1 heterocycles. The monoisotopic (exact) mass is 362 g/mol. The van der Waals surface area contributed by atoms with Crippen LogP contribution in [0.1, 0.15) is 34.6 Å². The Bertz CT molecular complexity index is 978. The minimum Gasteiger partial charge on any atom is -0.324 e. The number of nitrogens with zero attached hydrogens (tertiary/aromatic N) is 2. The minimum atomic E-state index is -0.551. The molecule has 3 rings (SSSR count). The highest BCUT2D eigenvalue weighted by molar-refractivity contribution is 6.03. The van der Waals surface area contributed by atoms with Gasteiger partial charge in [-0.1, -0.05) is 36.4 Å². The van der Waals surface area contributed by atoms with E-state index in [1.54, 1.807) is 19.2 Å². The number of anilines is 2. The van der Waals surface area contributed by atoms with Gasteiger partial charge in [0.25, 0.3) is 5.91 Å². The molecule has 138 valence electrons. The SMILES string of the molecule is Cc1ccccc1NC(=O)c1ccn([C@H](C)C(=O)Nc2ccccc2C)n1. The molecule has 27 heavy (non-hydrogen) atoms. The van der Waals surface area contributed by atoms with Crippen molar-refractivity contribution in [2.75, 3.05) is 10.6 Å². The summed E-state index contributed by atoms with van der Waals surface area (Å²) in [4.78, 5) is 24.9. The van der Waals surface area contributed by atoms with Crippen LogP contribution in [0.15, 0.2) is 60.8 Å². The second-order valence-corrected chi connectivity index (χ2v) is 6.43. The lowest BCUT2D eigenvalue weighted by molar-refractivity contribution is -0.119. The number of benzene rings is 2. The minimum absolute atomic E-state index is 0.196. The number of carbonyl (C=O) groups is 2. The van der Waals surface area contributed by atoms with Gasteiger partial charge in [0.05, 0.1) is 0 Å². The predicted octanol–water partition coefficient (Wildman–Crippen LogP) is 3.95. The molecule has 0 spiro atoms. The maximum Gasteiger partial charge on any atom is 0.276 e. The largest absolute Gasteiger partial charge is 0.324 e. The third-order valence-corrected chi connectivity index (χ3v) is 4.41. The number of rotatable bonds is 5. The average Bonchev–Trinajstić information content (AvgIpc) is 3.15. The van der Waals surface area contributed by atoms with Crippen LogP contribution in [0, 0.1) is 13.8 Å². The number of aromatic nitrogens is 2. The molecule has 2 aromatic carbocycles. The van der Waals surface area contributed by atoms with Crippen LogP contribution < -0.4 is 10.6 Å². The van der Waals surface area contributed by atoms with Crippen molar-refractivity contribution in [3.63, 3.8) is 0 Å². The number of nitrogens with one attached hydrogen (secondary N) is 2. The summed E-state index contributed by atoms with van der Waals surface area (Å²) < 4.78 is 1.49. The molecule has 1 atom stereocenters. The van der Waals surface area contributed by atoms with Crippen molar-refractivity contribution in [1.29, 1.82) is 0 Å². The highest BCUT2D eigenvalue weighted by Crippen LogP contribution is 2.17. The van der Waals surface area contributed by atoms with Crippen LogP contribution in [0.5, 0.6) is 0 Å². The van der Waals surface area contributed by atoms with E-state index in [1.807, 2.05) is 62.4 Å². The molecule has 1 aromatic heterocycles. The fraction of sp³-hybridized carbons (Fsp3) is 0.190. The van der Waals surface area contributed by atoms with Gasteiger partial charge in [-0.25, -0.2) is 0 Å². The summed E-state index contributed by atoms with van der Waals surface area (Å²) in [6.07, 6.45) is 1.63. The first-order valence-electron chi connectivity index (χ1n) is 8.74. The summed E-state index contributed by atoms with van der Waals surface area (Å²) in [5.74, 6) is -0.507. The molecule has 0 aliphatic rings. The third-order valence-electron chi connectivity index (χ3n) is 4.41. The molecule has 0 radical (unpaired) electrons. The number of para-hydroxylation sites is 2. The third kappa shape index (κ3) is 4.23. The molecule has 0 aliphatic heterocycles. The summed E-state index contributed by atoms with van der Waals surface area (Å²) >= 11 is 0. The van der Waals surface area contributed by atoms with Crippen LogP contribution >= 0.6 is 0 Å². The fourth-order valence-corrected chi connectivity index (χ4v) is 2.64. The maximum absolute atomic E-state index is 12.5. The van der Waals surface area contributed by atoms with E-state index in [0.717, 1.165) is 22.5 Å². The molecule has 6 nitrogen and oxygen atoms in total. The van der Waals surface area contributed by atoms with Crippen LogP contribution in [0.3, 0.4) is 0 Å². The van der Waals surface area contributed by atoms with Gasteiger partial charge in [-0.2, -0.15) is 5.10 Å². The highest BCUT2D eigenvalue weighted by Gasteiger charge is 2.19. The lowest BCUT2D eigenvalue weighted by Crippen LogP contribution is -2.25. The summed E-state index contributed by atoms with van der Waals surface area (Å²) in [6, 6.07) is 16.2. The second-order valence-electron chi connectivity index (χ2n) is 6.43. The summed E-state index contributed by atoms with van der Waals surface area (Å²) in [6.45, 7) is 5.60. The molecule has 0 aliphatic carbocycles. The first kappa shape index (κ1) is 18.4. The first-order chi connectivity index (χ1) is 13.0. The van der Waals surface area contributed by atoms with Gasteiger partial charge in [0, 0.05) is 17.6 Å². The molecule has 0 saturated heterocycles. The normalized spacial score (nSPS) is 11.7. The van der Waals surface area contributed by atoms with E-state index >= 15 is 0 Å². The molecular formula is C21H22N4O2. The van der Waals surface area contributed by atoms with Crippen molar-refractivity contribution in [2.24, 2.45) is 0 Å². The van der Waals surface area contributed by atoms with Gasteiger partial charge in [0.2, 0.25) is 5.91 Å². The Morgan fingerprint density at radius 3 is 2.04 bits per heavy atom. The molecule has 0 fully saturated rings.